The second-order valence-corrected chi connectivity index (χ2v) is 2.96. The Morgan fingerprint density at radius 2 is 2.20 bits per heavy atom. The first-order valence-corrected chi connectivity index (χ1v) is 3.92. The monoisotopic (exact) mass is 143 g/mol. The van der Waals surface area contributed by atoms with E-state index >= 15 is 0 Å². The summed E-state index contributed by atoms with van der Waals surface area (Å²) in [6.07, 6.45) is 0.253. The Morgan fingerprint density at radius 1 is 1.50 bits per heavy atom. The largest absolute Gasteiger partial charge is 0.315 e. The summed E-state index contributed by atoms with van der Waals surface area (Å²) < 4.78 is 0. The molecule has 2 N–H and O–H groups in total. The van der Waals surface area contributed by atoms with Gasteiger partial charge in [0, 0.05) is 19.6 Å². The van der Waals surface area contributed by atoms with Crippen LogP contribution in [0.1, 0.15) is 6.92 Å². The van der Waals surface area contributed by atoms with Crippen LogP contribution in [0.15, 0.2) is 0 Å². The lowest BCUT2D eigenvalue weighted by Crippen LogP contribution is -2.55. The molecule has 1 heterocycles. The quantitative estimate of drug-likeness (QED) is 0.539. The third-order valence-corrected chi connectivity index (χ3v) is 2.14. The minimum atomic E-state index is 0.253. The number of rotatable bonds is 1. The number of piperazine rings is 1. The average Bonchev–Trinajstić information content (AvgIpc) is 1.88. The van der Waals surface area contributed by atoms with Crippen molar-refractivity contribution >= 4 is 0 Å². The van der Waals surface area contributed by atoms with Gasteiger partial charge in [0.2, 0.25) is 0 Å². The van der Waals surface area contributed by atoms with E-state index in [0.29, 0.717) is 0 Å². The van der Waals surface area contributed by atoms with Crippen LogP contribution >= 0.6 is 0 Å². The topological polar surface area (TPSA) is 32.5 Å². The van der Waals surface area contributed by atoms with Gasteiger partial charge in [0.05, 0.1) is 6.17 Å². The van der Waals surface area contributed by atoms with E-state index in [1.807, 2.05) is 0 Å². The fourth-order valence-electron chi connectivity index (χ4n) is 1.38. The lowest BCUT2D eigenvalue weighted by atomic mass is 10.3. The molecule has 0 amide bonds. The van der Waals surface area contributed by atoms with E-state index in [-0.39, 0.29) is 6.17 Å². The van der Waals surface area contributed by atoms with Gasteiger partial charge in [-0.2, -0.15) is 0 Å². The highest BCUT2D eigenvalue weighted by Crippen LogP contribution is 2.01. The van der Waals surface area contributed by atoms with Crippen molar-refractivity contribution in [2.75, 3.05) is 33.2 Å². The van der Waals surface area contributed by atoms with E-state index in [1.54, 1.807) is 0 Å². The average molecular weight is 143 g/mol. The number of hydrogen-bond donors (Lipinski definition) is 1. The molecule has 1 unspecified atom stereocenters. The highest BCUT2D eigenvalue weighted by molar-refractivity contribution is 4.74. The van der Waals surface area contributed by atoms with Crippen LogP contribution in [0.5, 0.6) is 0 Å². The molecule has 3 nitrogen and oxygen atoms in total. The third-order valence-electron chi connectivity index (χ3n) is 2.14. The molecule has 1 aliphatic rings. The maximum Gasteiger partial charge on any atom is 0.0703 e. The Kier molecular flexibility index (Phi) is 2.65. The normalized spacial score (nSPS) is 30.9. The minimum Gasteiger partial charge on any atom is -0.315 e. The van der Waals surface area contributed by atoms with Gasteiger partial charge in [0.25, 0.3) is 0 Å². The SMILES string of the molecule is CCN1CCN(C)CC1N. The molecule has 0 spiro atoms. The molecule has 0 aliphatic carbocycles. The first-order chi connectivity index (χ1) is 4.74. The van der Waals surface area contributed by atoms with Crippen molar-refractivity contribution in [2.24, 2.45) is 5.73 Å². The first-order valence-electron chi connectivity index (χ1n) is 3.92. The van der Waals surface area contributed by atoms with Crippen molar-refractivity contribution in [1.29, 1.82) is 0 Å². The number of hydrogen-bond acceptors (Lipinski definition) is 3. The van der Waals surface area contributed by atoms with Crippen LogP contribution < -0.4 is 5.73 Å². The summed E-state index contributed by atoms with van der Waals surface area (Å²) in [6.45, 7) is 6.52. The molecule has 1 atom stereocenters. The van der Waals surface area contributed by atoms with Gasteiger partial charge in [-0.1, -0.05) is 6.92 Å². The van der Waals surface area contributed by atoms with Crippen molar-refractivity contribution in [2.45, 2.75) is 13.1 Å². The molecule has 1 saturated heterocycles. The van der Waals surface area contributed by atoms with Gasteiger partial charge in [-0.3, -0.25) is 4.90 Å². The van der Waals surface area contributed by atoms with Crippen molar-refractivity contribution < 1.29 is 0 Å². The van der Waals surface area contributed by atoms with E-state index < -0.39 is 0 Å². The van der Waals surface area contributed by atoms with Gasteiger partial charge in [-0.05, 0) is 13.6 Å². The van der Waals surface area contributed by atoms with Crippen molar-refractivity contribution in [3.63, 3.8) is 0 Å². The molecule has 1 rings (SSSR count). The predicted molar refractivity (Wildman–Crippen MR) is 42.7 cm³/mol. The van der Waals surface area contributed by atoms with Gasteiger partial charge in [0.15, 0.2) is 0 Å². The Morgan fingerprint density at radius 3 is 2.70 bits per heavy atom. The molecule has 1 aliphatic heterocycles. The molecule has 0 bridgehead atoms. The van der Waals surface area contributed by atoms with Crippen LogP contribution in [-0.2, 0) is 0 Å². The summed E-state index contributed by atoms with van der Waals surface area (Å²) in [7, 11) is 2.12. The Labute approximate surface area is 62.8 Å². The van der Waals surface area contributed by atoms with Gasteiger partial charge in [0.1, 0.15) is 0 Å². The standard InChI is InChI=1S/C7H17N3/c1-3-10-5-4-9(2)6-7(10)8/h7H,3-6,8H2,1-2H3. The van der Waals surface area contributed by atoms with Gasteiger partial charge in [-0.25, -0.2) is 0 Å². The zero-order valence-electron chi connectivity index (χ0n) is 6.88. The van der Waals surface area contributed by atoms with Crippen molar-refractivity contribution in [3.05, 3.63) is 0 Å². The van der Waals surface area contributed by atoms with E-state index in [4.69, 9.17) is 5.73 Å². The molecular weight excluding hydrogens is 126 g/mol. The summed E-state index contributed by atoms with van der Waals surface area (Å²) in [5, 5.41) is 0. The van der Waals surface area contributed by atoms with Crippen LogP contribution in [0, 0.1) is 0 Å². The van der Waals surface area contributed by atoms with Gasteiger partial charge >= 0.3 is 0 Å². The molecule has 60 valence electrons. The van der Waals surface area contributed by atoms with Crippen LogP contribution in [0.4, 0.5) is 0 Å². The Bertz CT molecular complexity index is 105. The highest BCUT2D eigenvalue weighted by Gasteiger charge is 2.19. The second kappa shape index (κ2) is 3.32. The fourth-order valence-corrected chi connectivity index (χ4v) is 1.38. The number of likely N-dealkylation sites (N-methyl/N-ethyl adjacent to an activating group) is 2. The number of nitrogens with zero attached hydrogens (tertiary/aromatic N) is 2. The first kappa shape index (κ1) is 7.98. The molecule has 3 heteroatoms. The molecular formula is C7H17N3. The van der Waals surface area contributed by atoms with Crippen molar-refractivity contribution in [3.8, 4) is 0 Å². The van der Waals surface area contributed by atoms with Crippen LogP contribution in [0.3, 0.4) is 0 Å². The molecule has 0 aromatic rings. The smallest absolute Gasteiger partial charge is 0.0703 e. The summed E-state index contributed by atoms with van der Waals surface area (Å²) in [4.78, 5) is 4.58. The molecule has 0 aromatic heterocycles. The molecule has 1 fully saturated rings. The van der Waals surface area contributed by atoms with Crippen LogP contribution in [0.25, 0.3) is 0 Å². The van der Waals surface area contributed by atoms with E-state index in [1.165, 1.54) is 0 Å². The second-order valence-electron chi connectivity index (χ2n) is 2.96. The zero-order valence-corrected chi connectivity index (χ0v) is 6.88. The van der Waals surface area contributed by atoms with Crippen molar-refractivity contribution in [1.82, 2.24) is 9.80 Å². The lowest BCUT2D eigenvalue weighted by molar-refractivity contribution is 0.0988. The molecule has 10 heavy (non-hydrogen) atoms. The summed E-state index contributed by atoms with van der Waals surface area (Å²) in [5.41, 5.74) is 5.86. The maximum absolute atomic E-state index is 5.86. The zero-order chi connectivity index (χ0) is 7.56. The number of nitrogens with two attached hydrogens (primary N) is 1. The van der Waals surface area contributed by atoms with Crippen LogP contribution in [-0.4, -0.2) is 49.2 Å². The Hall–Kier alpha value is -0.120. The van der Waals surface area contributed by atoms with E-state index in [0.717, 1.165) is 26.2 Å². The summed E-state index contributed by atoms with van der Waals surface area (Å²) >= 11 is 0. The molecule has 0 saturated carbocycles. The summed E-state index contributed by atoms with van der Waals surface area (Å²) in [5.74, 6) is 0. The summed E-state index contributed by atoms with van der Waals surface area (Å²) in [6, 6.07) is 0. The molecule has 0 aromatic carbocycles. The lowest BCUT2D eigenvalue weighted by Gasteiger charge is -2.37. The van der Waals surface area contributed by atoms with Gasteiger partial charge in [-0.15, -0.1) is 0 Å². The molecule has 0 radical (unpaired) electrons. The van der Waals surface area contributed by atoms with E-state index in [2.05, 4.69) is 23.8 Å². The Balaban J connectivity index is 2.36. The minimum absolute atomic E-state index is 0.253. The highest BCUT2D eigenvalue weighted by atomic mass is 15.3. The third kappa shape index (κ3) is 1.68. The fraction of sp³-hybridized carbons (Fsp3) is 1.00. The van der Waals surface area contributed by atoms with E-state index in [9.17, 15) is 0 Å². The maximum atomic E-state index is 5.86. The van der Waals surface area contributed by atoms with Gasteiger partial charge < -0.3 is 10.6 Å². The predicted octanol–water partition coefficient (Wildman–Crippen LogP) is -0.461. The van der Waals surface area contributed by atoms with Crippen LogP contribution in [0.2, 0.25) is 0 Å².